The van der Waals surface area contributed by atoms with Crippen LogP contribution in [-0.2, 0) is 14.8 Å². The maximum Gasteiger partial charge on any atom is 0.304 e. The first kappa shape index (κ1) is 13.6. The van der Waals surface area contributed by atoms with Crippen LogP contribution in [0, 0.1) is 6.92 Å². The van der Waals surface area contributed by atoms with Gasteiger partial charge in [0.05, 0.1) is 6.42 Å². The molecule has 2 N–H and O–H groups in total. The monoisotopic (exact) mass is 327 g/mol. The van der Waals surface area contributed by atoms with Crippen molar-refractivity contribution in [2.24, 2.45) is 0 Å². The number of nitrogens with one attached hydrogen (secondary N) is 1. The molecular formula is C8H10BrNO4S2. The third-order valence-corrected chi connectivity index (χ3v) is 5.85. The quantitative estimate of drug-likeness (QED) is 0.859. The van der Waals surface area contributed by atoms with Gasteiger partial charge in [0.15, 0.2) is 0 Å². The molecule has 5 nitrogen and oxygen atoms in total. The number of carbonyl (C=O) groups is 1. The van der Waals surface area contributed by atoms with Crippen LogP contribution in [0.3, 0.4) is 0 Å². The van der Waals surface area contributed by atoms with E-state index in [2.05, 4.69) is 20.7 Å². The van der Waals surface area contributed by atoms with E-state index < -0.39 is 16.0 Å². The van der Waals surface area contributed by atoms with Gasteiger partial charge in [0, 0.05) is 15.9 Å². The van der Waals surface area contributed by atoms with Crippen molar-refractivity contribution in [3.05, 3.63) is 15.4 Å². The normalized spacial score (nSPS) is 11.6. The van der Waals surface area contributed by atoms with Crippen molar-refractivity contribution >= 4 is 43.3 Å². The molecule has 8 heteroatoms. The molecule has 0 spiro atoms. The third kappa shape index (κ3) is 3.55. The molecule has 1 heterocycles. The summed E-state index contributed by atoms with van der Waals surface area (Å²) in [5, 5.41) is 8.40. The minimum atomic E-state index is -3.61. The second kappa shape index (κ2) is 5.26. The molecule has 0 saturated heterocycles. The van der Waals surface area contributed by atoms with Gasteiger partial charge in [-0.15, -0.1) is 11.3 Å². The second-order valence-corrected chi connectivity index (χ2v) is 7.11. The van der Waals surface area contributed by atoms with Crippen LogP contribution in [0.2, 0.25) is 0 Å². The first-order valence-electron chi connectivity index (χ1n) is 4.30. The first-order valence-corrected chi connectivity index (χ1v) is 7.39. The highest BCUT2D eigenvalue weighted by molar-refractivity contribution is 9.10. The molecule has 0 aliphatic heterocycles. The lowest BCUT2D eigenvalue weighted by molar-refractivity contribution is -0.136. The van der Waals surface area contributed by atoms with E-state index in [-0.39, 0.29) is 17.2 Å². The maximum absolute atomic E-state index is 11.7. The summed E-state index contributed by atoms with van der Waals surface area (Å²) in [5.41, 5.74) is 0. The zero-order chi connectivity index (χ0) is 12.3. The van der Waals surface area contributed by atoms with Crippen LogP contribution in [0.15, 0.2) is 14.7 Å². The van der Waals surface area contributed by atoms with Gasteiger partial charge in [-0.25, -0.2) is 13.1 Å². The Bertz CT molecular complexity index is 494. The Hall–Kier alpha value is -0.440. The van der Waals surface area contributed by atoms with E-state index in [0.29, 0.717) is 4.47 Å². The molecular weight excluding hydrogens is 318 g/mol. The van der Waals surface area contributed by atoms with Gasteiger partial charge in [0.2, 0.25) is 0 Å². The summed E-state index contributed by atoms with van der Waals surface area (Å²) in [6.45, 7) is 1.69. The molecule has 0 saturated carbocycles. The smallest absolute Gasteiger partial charge is 0.304 e. The predicted molar refractivity (Wildman–Crippen MR) is 64.2 cm³/mol. The Balaban J connectivity index is 2.78. The minimum Gasteiger partial charge on any atom is -0.481 e. The van der Waals surface area contributed by atoms with Gasteiger partial charge in [-0.2, -0.15) is 0 Å². The Morgan fingerprint density at radius 3 is 2.69 bits per heavy atom. The summed E-state index contributed by atoms with van der Waals surface area (Å²) >= 11 is 4.28. The van der Waals surface area contributed by atoms with Crippen molar-refractivity contribution < 1.29 is 18.3 Å². The lowest BCUT2D eigenvalue weighted by Gasteiger charge is -2.03. The minimum absolute atomic E-state index is 0.110. The highest BCUT2D eigenvalue weighted by atomic mass is 79.9. The summed E-state index contributed by atoms with van der Waals surface area (Å²) < 4.78 is 26.4. The lowest BCUT2D eigenvalue weighted by Crippen LogP contribution is -2.25. The zero-order valence-corrected chi connectivity index (χ0v) is 11.6. The summed E-state index contributed by atoms with van der Waals surface area (Å²) in [6.07, 6.45) is -0.235. The van der Waals surface area contributed by atoms with Gasteiger partial charge in [-0.1, -0.05) is 0 Å². The van der Waals surface area contributed by atoms with Crippen LogP contribution in [0.5, 0.6) is 0 Å². The number of halogens is 1. The SMILES string of the molecule is Cc1cc(Br)c(S(=O)(=O)NCCC(=O)O)s1. The molecule has 1 aromatic rings. The van der Waals surface area contributed by atoms with Crippen LogP contribution in [0.1, 0.15) is 11.3 Å². The van der Waals surface area contributed by atoms with Crippen molar-refractivity contribution in [2.75, 3.05) is 6.54 Å². The van der Waals surface area contributed by atoms with Gasteiger partial charge in [0.1, 0.15) is 4.21 Å². The van der Waals surface area contributed by atoms with Gasteiger partial charge >= 0.3 is 5.97 Å². The second-order valence-electron chi connectivity index (χ2n) is 3.03. The molecule has 1 aromatic heterocycles. The Kier molecular flexibility index (Phi) is 4.48. The van der Waals surface area contributed by atoms with E-state index in [0.717, 1.165) is 16.2 Å². The summed E-state index contributed by atoms with van der Waals surface area (Å²) in [6, 6.07) is 1.70. The van der Waals surface area contributed by atoms with E-state index in [1.165, 1.54) is 0 Å². The number of thiophene rings is 1. The summed E-state index contributed by atoms with van der Waals surface area (Å²) in [5.74, 6) is -1.04. The molecule has 90 valence electrons. The Morgan fingerprint density at radius 2 is 2.25 bits per heavy atom. The molecule has 0 unspecified atom stereocenters. The van der Waals surface area contributed by atoms with E-state index >= 15 is 0 Å². The number of rotatable bonds is 5. The number of carboxylic acids is 1. The van der Waals surface area contributed by atoms with Crippen LogP contribution < -0.4 is 4.72 Å². The van der Waals surface area contributed by atoms with Crippen LogP contribution in [0.4, 0.5) is 0 Å². The van der Waals surface area contributed by atoms with Crippen LogP contribution >= 0.6 is 27.3 Å². The van der Waals surface area contributed by atoms with Gasteiger partial charge < -0.3 is 5.11 Å². The molecule has 0 fully saturated rings. The zero-order valence-electron chi connectivity index (χ0n) is 8.36. The van der Waals surface area contributed by atoms with E-state index in [1.807, 2.05) is 0 Å². The molecule has 0 aromatic carbocycles. The standard InChI is InChI=1S/C8H10BrNO4S2/c1-5-4-6(9)8(15-5)16(13,14)10-3-2-7(11)12/h4,10H,2-3H2,1H3,(H,11,12). The topological polar surface area (TPSA) is 83.5 Å². The molecule has 0 aliphatic carbocycles. The van der Waals surface area contributed by atoms with E-state index in [9.17, 15) is 13.2 Å². The Morgan fingerprint density at radius 1 is 1.62 bits per heavy atom. The van der Waals surface area contributed by atoms with Crippen molar-refractivity contribution in [2.45, 2.75) is 17.6 Å². The Labute approximate surface area is 106 Å². The fourth-order valence-corrected chi connectivity index (χ4v) is 4.83. The molecule has 0 radical (unpaired) electrons. The fraction of sp³-hybridized carbons (Fsp3) is 0.375. The summed E-state index contributed by atoms with van der Waals surface area (Å²) in [7, 11) is -3.61. The van der Waals surface area contributed by atoms with Crippen LogP contribution in [-0.4, -0.2) is 26.0 Å². The van der Waals surface area contributed by atoms with Crippen LogP contribution in [0.25, 0.3) is 0 Å². The highest BCUT2D eigenvalue weighted by Crippen LogP contribution is 2.30. The van der Waals surface area contributed by atoms with E-state index in [4.69, 9.17) is 5.11 Å². The van der Waals surface area contributed by atoms with Crippen molar-refractivity contribution in [3.8, 4) is 0 Å². The highest BCUT2D eigenvalue weighted by Gasteiger charge is 2.20. The molecule has 1 rings (SSSR count). The largest absolute Gasteiger partial charge is 0.481 e. The average Bonchev–Trinajstić information content (AvgIpc) is 2.44. The van der Waals surface area contributed by atoms with Crippen molar-refractivity contribution in [3.63, 3.8) is 0 Å². The number of hydrogen-bond donors (Lipinski definition) is 2. The van der Waals surface area contributed by atoms with Crippen molar-refractivity contribution in [1.29, 1.82) is 0 Å². The number of hydrogen-bond acceptors (Lipinski definition) is 4. The molecule has 16 heavy (non-hydrogen) atoms. The molecule has 0 bridgehead atoms. The van der Waals surface area contributed by atoms with Gasteiger partial charge in [-0.05, 0) is 28.9 Å². The number of sulfonamides is 1. The van der Waals surface area contributed by atoms with Gasteiger partial charge in [0.25, 0.3) is 10.0 Å². The maximum atomic E-state index is 11.7. The number of aliphatic carboxylic acids is 1. The van der Waals surface area contributed by atoms with Gasteiger partial charge in [-0.3, -0.25) is 4.79 Å². The first-order chi connectivity index (χ1) is 7.33. The molecule has 0 aliphatic rings. The third-order valence-electron chi connectivity index (χ3n) is 1.65. The fourth-order valence-electron chi connectivity index (χ4n) is 1.00. The molecule has 0 atom stereocenters. The summed E-state index contributed by atoms with van der Waals surface area (Å²) in [4.78, 5) is 11.1. The molecule has 0 amide bonds. The number of aryl methyl sites for hydroxylation is 1. The number of carboxylic acid groups (broad SMARTS) is 1. The van der Waals surface area contributed by atoms with E-state index in [1.54, 1.807) is 13.0 Å². The lowest BCUT2D eigenvalue weighted by atomic mass is 10.5. The average molecular weight is 328 g/mol. The predicted octanol–water partition coefficient (Wildman–Crippen LogP) is 1.57. The van der Waals surface area contributed by atoms with Crippen molar-refractivity contribution in [1.82, 2.24) is 4.72 Å².